The molecule has 0 saturated heterocycles. The summed E-state index contributed by atoms with van der Waals surface area (Å²) in [5.74, 6) is -0.255. The Labute approximate surface area is 36.9 Å². The molecule has 0 atom stereocenters. The topological polar surface area (TPSA) is 29.1 Å². The maximum absolute atomic E-state index is 9.89. The Morgan fingerprint density at radius 3 is 2.33 bits per heavy atom. The lowest BCUT2D eigenvalue weighted by atomic mass is 10.6. The number of amides is 1. The van der Waals surface area contributed by atoms with Crippen LogP contribution < -0.4 is 5.32 Å². The highest BCUT2D eigenvalue weighted by molar-refractivity contribution is 5.86. The Balaban J connectivity index is 3.23. The Hall–Kier alpha value is -0.790. The van der Waals surface area contributed by atoms with Gasteiger partial charge in [-0.1, -0.05) is 6.58 Å². The summed E-state index contributed by atoms with van der Waals surface area (Å²) in [6.45, 7) is 3.18. The predicted molar refractivity (Wildman–Crippen MR) is 23.7 cm³/mol. The van der Waals surface area contributed by atoms with Gasteiger partial charge in [-0.25, -0.2) is 0 Å². The molecule has 0 heterocycles. The van der Waals surface area contributed by atoms with Gasteiger partial charge in [0.1, 0.15) is 0 Å². The summed E-state index contributed by atoms with van der Waals surface area (Å²) >= 11 is 0. The van der Waals surface area contributed by atoms with Crippen molar-refractivity contribution in [2.45, 2.75) is 0 Å². The average molecular weight is 84.1 g/mol. The molecule has 0 fully saturated rings. The first kappa shape index (κ1) is 5.21. The number of nitrogens with one attached hydrogen (secondary N) is 1. The molecule has 0 saturated carbocycles. The minimum Gasteiger partial charge on any atom is -0.351 e. The van der Waals surface area contributed by atoms with Gasteiger partial charge in [-0.3, -0.25) is 4.79 Å². The van der Waals surface area contributed by atoms with Gasteiger partial charge in [-0.05, 0) is 6.08 Å². The van der Waals surface area contributed by atoms with Crippen LogP contribution in [0.2, 0.25) is 0 Å². The summed E-state index contributed by atoms with van der Waals surface area (Å²) in [4.78, 5) is 9.89. The SMILES string of the molecule is [CH2]NC(=O)C=C. The number of hydrogen-bond donors (Lipinski definition) is 1. The van der Waals surface area contributed by atoms with Crippen LogP contribution in [0.3, 0.4) is 0 Å². The number of hydrogen-bond acceptors (Lipinski definition) is 1. The molecule has 0 rings (SSSR count). The zero-order valence-electron chi connectivity index (χ0n) is 3.40. The summed E-state index contributed by atoms with van der Waals surface area (Å²) in [7, 11) is 3.09. The van der Waals surface area contributed by atoms with Crippen LogP contribution in [0.4, 0.5) is 0 Å². The lowest BCUT2D eigenvalue weighted by Gasteiger charge is -1.82. The molecule has 0 unspecified atom stereocenters. The van der Waals surface area contributed by atoms with Crippen molar-refractivity contribution in [3.05, 3.63) is 19.7 Å². The maximum Gasteiger partial charge on any atom is 0.243 e. The largest absolute Gasteiger partial charge is 0.351 e. The van der Waals surface area contributed by atoms with E-state index in [2.05, 4.69) is 18.9 Å². The van der Waals surface area contributed by atoms with Gasteiger partial charge in [0.05, 0.1) is 0 Å². The third-order valence-corrected chi connectivity index (χ3v) is 0.360. The third-order valence-electron chi connectivity index (χ3n) is 0.360. The second-order valence-electron chi connectivity index (χ2n) is 0.745. The van der Waals surface area contributed by atoms with Gasteiger partial charge >= 0.3 is 0 Å². The lowest BCUT2D eigenvalue weighted by Crippen LogP contribution is -2.10. The van der Waals surface area contributed by atoms with E-state index in [1.807, 2.05) is 0 Å². The first-order chi connectivity index (χ1) is 2.81. The van der Waals surface area contributed by atoms with Crippen molar-refractivity contribution in [2.24, 2.45) is 0 Å². The van der Waals surface area contributed by atoms with Crippen LogP contribution in [-0.2, 0) is 4.79 Å². The van der Waals surface area contributed by atoms with Crippen LogP contribution in [0, 0.1) is 7.05 Å². The molecule has 6 heavy (non-hydrogen) atoms. The van der Waals surface area contributed by atoms with Crippen LogP contribution in [0.25, 0.3) is 0 Å². The Morgan fingerprint density at radius 2 is 2.33 bits per heavy atom. The molecule has 0 aliphatic heterocycles. The molecule has 2 nitrogen and oxygen atoms in total. The molecule has 0 aliphatic carbocycles. The molecule has 0 aromatic heterocycles. The zero-order chi connectivity index (χ0) is 4.99. The maximum atomic E-state index is 9.89. The van der Waals surface area contributed by atoms with Crippen molar-refractivity contribution in [3.63, 3.8) is 0 Å². The van der Waals surface area contributed by atoms with E-state index in [1.54, 1.807) is 0 Å². The van der Waals surface area contributed by atoms with Crippen LogP contribution in [0.5, 0.6) is 0 Å². The summed E-state index contributed by atoms with van der Waals surface area (Å²) < 4.78 is 0. The Morgan fingerprint density at radius 1 is 1.83 bits per heavy atom. The van der Waals surface area contributed by atoms with Gasteiger partial charge in [0.2, 0.25) is 5.91 Å². The van der Waals surface area contributed by atoms with E-state index in [-0.39, 0.29) is 5.91 Å². The Kier molecular flexibility index (Phi) is 2.13. The molecule has 2 heteroatoms. The van der Waals surface area contributed by atoms with Crippen molar-refractivity contribution < 1.29 is 4.79 Å². The predicted octanol–water partition coefficient (Wildman–Crippen LogP) is 0.0802. The van der Waals surface area contributed by atoms with Gasteiger partial charge in [0, 0.05) is 7.05 Å². The van der Waals surface area contributed by atoms with Crippen LogP contribution in [0.1, 0.15) is 0 Å². The Bertz CT molecular complexity index is 67.9. The van der Waals surface area contributed by atoms with Gasteiger partial charge in [-0.15, -0.1) is 0 Å². The molecule has 0 aliphatic rings. The average Bonchev–Trinajstić information content (AvgIpc) is 1.65. The molecule has 1 N–H and O–H groups in total. The molecule has 1 amide bonds. The number of carbonyl (C=O) groups is 1. The first-order valence-electron chi connectivity index (χ1n) is 1.50. The van der Waals surface area contributed by atoms with E-state index >= 15 is 0 Å². The molecular weight excluding hydrogens is 78.0 g/mol. The molecule has 33 valence electrons. The molecule has 0 bridgehead atoms. The van der Waals surface area contributed by atoms with Crippen LogP contribution >= 0.6 is 0 Å². The summed E-state index contributed by atoms with van der Waals surface area (Å²) in [5, 5.41) is 2.11. The fraction of sp³-hybridized carbons (Fsp3) is 0. The fourth-order valence-electron chi connectivity index (χ4n) is 0.0722. The smallest absolute Gasteiger partial charge is 0.243 e. The minimum absolute atomic E-state index is 0.255. The highest BCUT2D eigenvalue weighted by Gasteiger charge is 1.79. The lowest BCUT2D eigenvalue weighted by molar-refractivity contribution is -0.115. The van der Waals surface area contributed by atoms with Crippen molar-refractivity contribution >= 4 is 5.91 Å². The molecule has 0 aromatic carbocycles. The van der Waals surface area contributed by atoms with Crippen molar-refractivity contribution in [1.82, 2.24) is 5.32 Å². The summed E-state index contributed by atoms with van der Waals surface area (Å²) in [6.07, 6.45) is 1.16. The monoisotopic (exact) mass is 84.0 g/mol. The van der Waals surface area contributed by atoms with Gasteiger partial charge in [0.15, 0.2) is 0 Å². The standard InChI is InChI=1S/C4H6NO/c1-3-4(6)5-2/h3H,1-2H2,(H,5,6). The minimum atomic E-state index is -0.255. The van der Waals surface area contributed by atoms with E-state index in [0.29, 0.717) is 0 Å². The van der Waals surface area contributed by atoms with Crippen molar-refractivity contribution in [1.29, 1.82) is 0 Å². The number of carbonyl (C=O) groups excluding carboxylic acids is 1. The summed E-state index contributed by atoms with van der Waals surface area (Å²) in [6, 6.07) is 0. The highest BCUT2D eigenvalue weighted by atomic mass is 16.1. The van der Waals surface area contributed by atoms with E-state index in [1.165, 1.54) is 0 Å². The second kappa shape index (κ2) is 2.45. The molecular formula is C4H6NO. The van der Waals surface area contributed by atoms with Gasteiger partial charge in [-0.2, -0.15) is 0 Å². The van der Waals surface area contributed by atoms with Gasteiger partial charge in [0.25, 0.3) is 0 Å². The molecule has 0 aromatic rings. The summed E-state index contributed by atoms with van der Waals surface area (Å²) in [5.41, 5.74) is 0. The van der Waals surface area contributed by atoms with E-state index < -0.39 is 0 Å². The normalized spacial score (nSPS) is 6.83. The second-order valence-corrected chi connectivity index (χ2v) is 0.745. The molecule has 1 radical (unpaired) electrons. The highest BCUT2D eigenvalue weighted by Crippen LogP contribution is 1.57. The number of rotatable bonds is 1. The first-order valence-corrected chi connectivity index (χ1v) is 1.50. The van der Waals surface area contributed by atoms with E-state index in [9.17, 15) is 4.79 Å². The van der Waals surface area contributed by atoms with Gasteiger partial charge < -0.3 is 5.32 Å². The third kappa shape index (κ3) is 1.52. The van der Waals surface area contributed by atoms with E-state index in [0.717, 1.165) is 6.08 Å². The molecule has 0 spiro atoms. The quantitative estimate of drug-likeness (QED) is 0.448. The zero-order valence-corrected chi connectivity index (χ0v) is 3.40. The van der Waals surface area contributed by atoms with Crippen LogP contribution in [0.15, 0.2) is 12.7 Å². The van der Waals surface area contributed by atoms with Crippen molar-refractivity contribution in [3.8, 4) is 0 Å². The van der Waals surface area contributed by atoms with E-state index in [4.69, 9.17) is 0 Å². The van der Waals surface area contributed by atoms with Crippen LogP contribution in [-0.4, -0.2) is 5.91 Å². The van der Waals surface area contributed by atoms with Crippen molar-refractivity contribution in [2.75, 3.05) is 0 Å². The fourth-order valence-corrected chi connectivity index (χ4v) is 0.0722.